The van der Waals surface area contributed by atoms with Crippen molar-refractivity contribution in [3.8, 4) is 0 Å². The molecule has 0 spiro atoms. The van der Waals surface area contributed by atoms with Crippen LogP contribution in [0.2, 0.25) is 0 Å². The van der Waals surface area contributed by atoms with Crippen molar-refractivity contribution in [3.05, 3.63) is 65.7 Å². The summed E-state index contributed by atoms with van der Waals surface area (Å²) >= 11 is 0. The van der Waals surface area contributed by atoms with Gasteiger partial charge in [0.1, 0.15) is 0 Å². The van der Waals surface area contributed by atoms with Crippen LogP contribution in [-0.2, 0) is 17.9 Å². The molecule has 1 aliphatic rings. The SMILES string of the molecule is O=CNCc1ccc(CN2CCN(c3ccccc3)CC2)cc1. The van der Waals surface area contributed by atoms with Gasteiger partial charge in [0.2, 0.25) is 6.41 Å². The van der Waals surface area contributed by atoms with Crippen LogP contribution < -0.4 is 10.2 Å². The number of piperazine rings is 1. The lowest BCUT2D eigenvalue weighted by atomic mass is 10.1. The number of nitrogens with one attached hydrogen (secondary N) is 1. The highest BCUT2D eigenvalue weighted by Crippen LogP contribution is 2.17. The molecule has 0 radical (unpaired) electrons. The van der Waals surface area contributed by atoms with Gasteiger partial charge in [-0.25, -0.2) is 0 Å². The van der Waals surface area contributed by atoms with Crippen LogP contribution >= 0.6 is 0 Å². The molecule has 1 heterocycles. The second-order valence-corrected chi connectivity index (χ2v) is 5.91. The lowest BCUT2D eigenvalue weighted by Crippen LogP contribution is -2.45. The van der Waals surface area contributed by atoms with E-state index in [1.54, 1.807) is 0 Å². The van der Waals surface area contributed by atoms with Crippen LogP contribution in [0.15, 0.2) is 54.6 Å². The molecule has 1 fully saturated rings. The van der Waals surface area contributed by atoms with E-state index in [1.165, 1.54) is 11.3 Å². The van der Waals surface area contributed by atoms with E-state index in [9.17, 15) is 4.79 Å². The Hall–Kier alpha value is -2.33. The number of carbonyl (C=O) groups is 1. The molecule has 23 heavy (non-hydrogen) atoms. The maximum atomic E-state index is 10.3. The van der Waals surface area contributed by atoms with E-state index in [1.807, 2.05) is 0 Å². The minimum absolute atomic E-state index is 0.597. The van der Waals surface area contributed by atoms with Crippen molar-refractivity contribution < 1.29 is 4.79 Å². The number of amides is 1. The highest BCUT2D eigenvalue weighted by atomic mass is 16.1. The Labute approximate surface area is 137 Å². The van der Waals surface area contributed by atoms with Gasteiger partial charge in [-0.2, -0.15) is 0 Å². The van der Waals surface area contributed by atoms with E-state index in [0.717, 1.165) is 44.7 Å². The van der Waals surface area contributed by atoms with Crippen molar-refractivity contribution in [2.45, 2.75) is 13.1 Å². The number of benzene rings is 2. The Bertz CT molecular complexity index is 604. The number of nitrogens with zero attached hydrogens (tertiary/aromatic N) is 2. The Morgan fingerprint density at radius 1 is 0.870 bits per heavy atom. The summed E-state index contributed by atoms with van der Waals surface area (Å²) in [6.07, 6.45) is 0.736. The molecule has 0 aromatic heterocycles. The van der Waals surface area contributed by atoms with Crippen LogP contribution in [0.4, 0.5) is 5.69 Å². The summed E-state index contributed by atoms with van der Waals surface area (Å²) in [5.74, 6) is 0. The van der Waals surface area contributed by atoms with Crippen LogP contribution in [0.25, 0.3) is 0 Å². The largest absolute Gasteiger partial charge is 0.369 e. The normalized spacial score (nSPS) is 15.4. The molecule has 1 saturated heterocycles. The van der Waals surface area contributed by atoms with Gasteiger partial charge in [-0.1, -0.05) is 42.5 Å². The number of hydrogen-bond acceptors (Lipinski definition) is 3. The average molecular weight is 309 g/mol. The van der Waals surface area contributed by atoms with Crippen LogP contribution in [0.1, 0.15) is 11.1 Å². The molecule has 3 rings (SSSR count). The second-order valence-electron chi connectivity index (χ2n) is 5.91. The van der Waals surface area contributed by atoms with Gasteiger partial charge in [-0.15, -0.1) is 0 Å². The van der Waals surface area contributed by atoms with Crippen molar-refractivity contribution in [3.63, 3.8) is 0 Å². The van der Waals surface area contributed by atoms with Gasteiger partial charge in [-0.05, 0) is 23.3 Å². The van der Waals surface area contributed by atoms with Gasteiger partial charge >= 0.3 is 0 Å². The Morgan fingerprint density at radius 2 is 1.52 bits per heavy atom. The summed E-state index contributed by atoms with van der Waals surface area (Å²) in [4.78, 5) is 15.3. The molecule has 4 heteroatoms. The van der Waals surface area contributed by atoms with Crippen molar-refractivity contribution >= 4 is 12.1 Å². The number of carbonyl (C=O) groups excluding carboxylic acids is 1. The maximum Gasteiger partial charge on any atom is 0.207 e. The molecule has 1 aliphatic heterocycles. The van der Waals surface area contributed by atoms with E-state index in [0.29, 0.717) is 6.54 Å². The minimum atomic E-state index is 0.597. The lowest BCUT2D eigenvalue weighted by Gasteiger charge is -2.36. The first-order chi connectivity index (χ1) is 11.3. The molecular weight excluding hydrogens is 286 g/mol. The van der Waals surface area contributed by atoms with Crippen molar-refractivity contribution in [1.29, 1.82) is 0 Å². The van der Waals surface area contributed by atoms with Gasteiger partial charge in [-0.3, -0.25) is 9.69 Å². The Balaban J connectivity index is 1.49. The fourth-order valence-corrected chi connectivity index (χ4v) is 2.98. The molecule has 120 valence electrons. The summed E-state index contributed by atoms with van der Waals surface area (Å²) in [7, 11) is 0. The van der Waals surface area contributed by atoms with E-state index in [4.69, 9.17) is 0 Å². The lowest BCUT2D eigenvalue weighted by molar-refractivity contribution is -0.109. The van der Waals surface area contributed by atoms with Crippen molar-refractivity contribution in [2.75, 3.05) is 31.1 Å². The number of rotatable bonds is 6. The fourth-order valence-electron chi connectivity index (χ4n) is 2.98. The third kappa shape index (κ3) is 4.33. The van der Waals surface area contributed by atoms with Gasteiger partial charge in [0.05, 0.1) is 0 Å². The van der Waals surface area contributed by atoms with Crippen molar-refractivity contribution in [1.82, 2.24) is 10.2 Å². The summed E-state index contributed by atoms with van der Waals surface area (Å²) in [5.41, 5.74) is 3.78. The Morgan fingerprint density at radius 3 is 2.17 bits per heavy atom. The zero-order chi connectivity index (χ0) is 15.9. The minimum Gasteiger partial charge on any atom is -0.369 e. The quantitative estimate of drug-likeness (QED) is 0.832. The fraction of sp³-hybridized carbons (Fsp3) is 0.316. The maximum absolute atomic E-state index is 10.3. The summed E-state index contributed by atoms with van der Waals surface area (Å²) in [6.45, 7) is 5.91. The average Bonchev–Trinajstić information content (AvgIpc) is 2.62. The number of anilines is 1. The summed E-state index contributed by atoms with van der Waals surface area (Å²) in [6, 6.07) is 19.1. The van der Waals surface area contributed by atoms with Crippen LogP contribution in [0.3, 0.4) is 0 Å². The molecule has 1 amide bonds. The smallest absolute Gasteiger partial charge is 0.207 e. The van der Waals surface area contributed by atoms with Gasteiger partial charge < -0.3 is 10.2 Å². The first-order valence-electron chi connectivity index (χ1n) is 8.12. The second kappa shape index (κ2) is 7.79. The summed E-state index contributed by atoms with van der Waals surface area (Å²) in [5, 5.41) is 2.69. The monoisotopic (exact) mass is 309 g/mol. The van der Waals surface area contributed by atoms with Crippen LogP contribution in [-0.4, -0.2) is 37.5 Å². The van der Waals surface area contributed by atoms with Gasteiger partial charge in [0.25, 0.3) is 0 Å². The predicted octanol–water partition coefficient (Wildman–Crippen LogP) is 2.25. The first-order valence-corrected chi connectivity index (χ1v) is 8.12. The van der Waals surface area contributed by atoms with Gasteiger partial charge in [0, 0.05) is 45.0 Å². The number of hydrogen-bond donors (Lipinski definition) is 1. The molecule has 2 aromatic carbocycles. The zero-order valence-corrected chi connectivity index (χ0v) is 13.3. The van der Waals surface area contributed by atoms with E-state index in [2.05, 4.69) is 69.7 Å². The predicted molar refractivity (Wildman–Crippen MR) is 93.3 cm³/mol. The Kier molecular flexibility index (Phi) is 5.27. The molecule has 1 N–H and O–H groups in total. The van der Waals surface area contributed by atoms with Gasteiger partial charge in [0.15, 0.2) is 0 Å². The first kappa shape index (κ1) is 15.6. The molecule has 2 aromatic rings. The molecule has 0 atom stereocenters. The third-order valence-electron chi connectivity index (χ3n) is 4.31. The molecular formula is C19H23N3O. The summed E-state index contributed by atoms with van der Waals surface area (Å²) < 4.78 is 0. The highest BCUT2D eigenvalue weighted by Gasteiger charge is 2.16. The third-order valence-corrected chi connectivity index (χ3v) is 4.31. The number of para-hydroxylation sites is 1. The molecule has 0 bridgehead atoms. The standard InChI is InChI=1S/C19H23N3O/c23-16-20-14-17-6-8-18(9-7-17)15-21-10-12-22(13-11-21)19-4-2-1-3-5-19/h1-9,16H,10-15H2,(H,20,23). The molecule has 0 aliphatic carbocycles. The van der Waals surface area contributed by atoms with E-state index >= 15 is 0 Å². The van der Waals surface area contributed by atoms with E-state index < -0.39 is 0 Å². The van der Waals surface area contributed by atoms with E-state index in [-0.39, 0.29) is 0 Å². The molecule has 4 nitrogen and oxygen atoms in total. The topological polar surface area (TPSA) is 35.6 Å². The zero-order valence-electron chi connectivity index (χ0n) is 13.3. The molecule has 0 unspecified atom stereocenters. The van der Waals surface area contributed by atoms with Crippen molar-refractivity contribution in [2.24, 2.45) is 0 Å². The highest BCUT2D eigenvalue weighted by molar-refractivity contribution is 5.47. The van der Waals surface area contributed by atoms with Crippen LogP contribution in [0.5, 0.6) is 0 Å². The molecule has 0 saturated carbocycles. The van der Waals surface area contributed by atoms with Crippen LogP contribution in [0, 0.1) is 0 Å².